The molecule has 0 aliphatic carbocycles. The van der Waals surface area contributed by atoms with Crippen molar-refractivity contribution in [1.29, 1.82) is 0 Å². The first-order valence-corrected chi connectivity index (χ1v) is 6.67. The molecule has 0 aliphatic rings. The van der Waals surface area contributed by atoms with Crippen LogP contribution in [-0.4, -0.2) is 0 Å². The summed E-state index contributed by atoms with van der Waals surface area (Å²) in [5.41, 5.74) is 1.61. The molecule has 2 rings (SSSR count). The van der Waals surface area contributed by atoms with Gasteiger partial charge in [0.2, 0.25) is 0 Å². The van der Waals surface area contributed by atoms with Crippen molar-refractivity contribution in [2.75, 3.05) is 0 Å². The van der Waals surface area contributed by atoms with Crippen LogP contribution in [0.5, 0.6) is 0 Å². The molecular weight excluding hydrogens is 317 g/mol. The summed E-state index contributed by atoms with van der Waals surface area (Å²) in [6.07, 6.45) is 0. The number of hydrogen-bond donors (Lipinski definition) is 0. The molecule has 100 valence electrons. The lowest BCUT2D eigenvalue weighted by Crippen LogP contribution is -2.00. The van der Waals surface area contributed by atoms with Gasteiger partial charge < -0.3 is 0 Å². The van der Waals surface area contributed by atoms with Crippen molar-refractivity contribution in [2.45, 2.75) is 18.7 Å². The van der Waals surface area contributed by atoms with E-state index >= 15 is 0 Å². The number of rotatable bonds is 2. The van der Waals surface area contributed by atoms with Crippen LogP contribution in [0.4, 0.5) is 13.2 Å². The summed E-state index contributed by atoms with van der Waals surface area (Å²) in [6, 6.07) is 6.82. The lowest BCUT2D eigenvalue weighted by molar-refractivity contribution is 0.581. The Labute approximate surface area is 118 Å². The second-order valence-corrected chi connectivity index (χ2v) is 5.41. The summed E-state index contributed by atoms with van der Waals surface area (Å²) < 4.78 is 40.6. The summed E-state index contributed by atoms with van der Waals surface area (Å²) in [6.45, 7) is 3.14. The fraction of sp³-hybridized carbons (Fsp3) is 0.200. The van der Waals surface area contributed by atoms with E-state index in [1.165, 1.54) is 19.1 Å². The van der Waals surface area contributed by atoms with Crippen LogP contribution < -0.4 is 0 Å². The third-order valence-electron chi connectivity index (χ3n) is 3.03. The van der Waals surface area contributed by atoms with E-state index < -0.39 is 16.5 Å². The zero-order valence-electron chi connectivity index (χ0n) is 10.5. The Morgan fingerprint density at radius 2 is 1.47 bits per heavy atom. The molecule has 2 aromatic carbocycles. The van der Waals surface area contributed by atoms with E-state index in [9.17, 15) is 13.2 Å². The van der Waals surface area contributed by atoms with Crippen LogP contribution in [0.15, 0.2) is 30.3 Å². The van der Waals surface area contributed by atoms with Gasteiger partial charge in [-0.3, -0.25) is 0 Å². The van der Waals surface area contributed by atoms with Crippen LogP contribution in [0.1, 0.15) is 27.1 Å². The van der Waals surface area contributed by atoms with Gasteiger partial charge in [-0.15, -0.1) is 0 Å². The van der Waals surface area contributed by atoms with Crippen molar-refractivity contribution in [1.82, 2.24) is 0 Å². The van der Waals surface area contributed by atoms with E-state index in [0.29, 0.717) is 11.1 Å². The maximum Gasteiger partial charge on any atom is 0.128 e. The monoisotopic (exact) mass is 328 g/mol. The minimum Gasteiger partial charge on any atom is -0.207 e. The lowest BCUT2D eigenvalue weighted by atomic mass is 10.0. The Kier molecular flexibility index (Phi) is 3.99. The molecule has 0 nitrogen and oxygen atoms in total. The first-order chi connectivity index (χ1) is 8.90. The van der Waals surface area contributed by atoms with Crippen LogP contribution in [0.3, 0.4) is 0 Å². The first-order valence-electron chi connectivity index (χ1n) is 5.76. The average Bonchev–Trinajstić information content (AvgIpc) is 2.36. The molecule has 0 saturated carbocycles. The number of hydrogen-bond acceptors (Lipinski definition) is 0. The Bertz CT molecular complexity index is 623. The van der Waals surface area contributed by atoms with Crippen molar-refractivity contribution in [3.8, 4) is 0 Å². The van der Waals surface area contributed by atoms with Gasteiger partial charge in [-0.25, -0.2) is 13.2 Å². The van der Waals surface area contributed by atoms with Gasteiger partial charge in [-0.1, -0.05) is 28.1 Å². The predicted molar refractivity (Wildman–Crippen MR) is 73.0 cm³/mol. The molecule has 0 aliphatic heterocycles. The van der Waals surface area contributed by atoms with Gasteiger partial charge in [-0.2, -0.15) is 0 Å². The summed E-state index contributed by atoms with van der Waals surface area (Å²) >= 11 is 3.33. The van der Waals surface area contributed by atoms with Gasteiger partial charge in [0.15, 0.2) is 0 Å². The van der Waals surface area contributed by atoms with Crippen LogP contribution >= 0.6 is 15.9 Å². The molecule has 0 aromatic heterocycles. The Balaban J connectivity index is 2.46. The molecule has 4 heteroatoms. The average molecular weight is 329 g/mol. The van der Waals surface area contributed by atoms with E-state index in [2.05, 4.69) is 15.9 Å². The Hall–Kier alpha value is -1.29. The molecule has 1 atom stereocenters. The minimum atomic E-state index is -0.512. The van der Waals surface area contributed by atoms with Crippen LogP contribution in [-0.2, 0) is 0 Å². The summed E-state index contributed by atoms with van der Waals surface area (Å²) in [4.78, 5) is -0.512. The zero-order chi connectivity index (χ0) is 14.2. The van der Waals surface area contributed by atoms with E-state index in [0.717, 1.165) is 6.07 Å². The number of aryl methyl sites for hydroxylation is 2. The summed E-state index contributed by atoms with van der Waals surface area (Å²) in [7, 11) is 0. The zero-order valence-corrected chi connectivity index (χ0v) is 12.1. The van der Waals surface area contributed by atoms with Gasteiger partial charge in [0.05, 0.1) is 4.83 Å². The standard InChI is InChI=1S/C15H12BrF3/c1-8-5-10(3-4-12(8)17)15(16)11-7-13(18)9(2)6-14(11)19/h3-7,15H,1-2H3. The molecular formula is C15H12BrF3. The largest absolute Gasteiger partial charge is 0.207 e. The first kappa shape index (κ1) is 14.1. The number of halogens is 4. The molecule has 2 aromatic rings. The van der Waals surface area contributed by atoms with Gasteiger partial charge in [0, 0.05) is 5.56 Å². The minimum absolute atomic E-state index is 0.203. The topological polar surface area (TPSA) is 0 Å². The number of alkyl halides is 1. The number of benzene rings is 2. The molecule has 0 N–H and O–H groups in total. The normalized spacial score (nSPS) is 12.5. The summed E-state index contributed by atoms with van der Waals surface area (Å²) in [5.74, 6) is -1.26. The molecule has 0 bridgehead atoms. The maximum atomic E-state index is 13.9. The highest BCUT2D eigenvalue weighted by Gasteiger charge is 2.17. The molecule has 0 amide bonds. The van der Waals surface area contributed by atoms with Gasteiger partial charge in [0.25, 0.3) is 0 Å². The van der Waals surface area contributed by atoms with Crippen molar-refractivity contribution in [3.05, 3.63) is 70.0 Å². The molecule has 0 saturated heterocycles. The van der Waals surface area contributed by atoms with Crippen LogP contribution in [0.2, 0.25) is 0 Å². The lowest BCUT2D eigenvalue weighted by Gasteiger charge is -2.14. The smallest absolute Gasteiger partial charge is 0.128 e. The molecule has 0 spiro atoms. The highest BCUT2D eigenvalue weighted by Crippen LogP contribution is 2.34. The van der Waals surface area contributed by atoms with Crippen molar-refractivity contribution >= 4 is 15.9 Å². The fourth-order valence-corrected chi connectivity index (χ4v) is 2.50. The SMILES string of the molecule is Cc1cc(C(Br)c2cc(F)c(C)cc2F)ccc1F. The fourth-order valence-electron chi connectivity index (χ4n) is 1.86. The van der Waals surface area contributed by atoms with E-state index in [4.69, 9.17) is 0 Å². The predicted octanol–water partition coefficient (Wildman–Crippen LogP) is 5.21. The van der Waals surface area contributed by atoms with Gasteiger partial charge >= 0.3 is 0 Å². The second-order valence-electron chi connectivity index (χ2n) is 4.49. The van der Waals surface area contributed by atoms with Gasteiger partial charge in [0.1, 0.15) is 17.5 Å². The molecule has 1 unspecified atom stereocenters. The highest BCUT2D eigenvalue weighted by atomic mass is 79.9. The van der Waals surface area contributed by atoms with Crippen molar-refractivity contribution in [3.63, 3.8) is 0 Å². The van der Waals surface area contributed by atoms with E-state index in [1.54, 1.807) is 19.1 Å². The van der Waals surface area contributed by atoms with E-state index in [1.807, 2.05) is 0 Å². The molecule has 0 fully saturated rings. The highest BCUT2D eigenvalue weighted by molar-refractivity contribution is 9.09. The molecule has 0 radical (unpaired) electrons. The molecule has 19 heavy (non-hydrogen) atoms. The quantitative estimate of drug-likeness (QED) is 0.664. The third-order valence-corrected chi connectivity index (χ3v) is 4.05. The van der Waals surface area contributed by atoms with Crippen molar-refractivity contribution in [2.24, 2.45) is 0 Å². The maximum absolute atomic E-state index is 13.9. The Morgan fingerprint density at radius 3 is 2.11 bits per heavy atom. The van der Waals surface area contributed by atoms with Gasteiger partial charge in [-0.05, 0) is 48.7 Å². The third kappa shape index (κ3) is 2.84. The van der Waals surface area contributed by atoms with Crippen molar-refractivity contribution < 1.29 is 13.2 Å². The summed E-state index contributed by atoms with van der Waals surface area (Å²) in [5, 5.41) is 0. The Morgan fingerprint density at radius 1 is 0.842 bits per heavy atom. The molecule has 0 heterocycles. The van der Waals surface area contributed by atoms with Crippen LogP contribution in [0.25, 0.3) is 0 Å². The van der Waals surface area contributed by atoms with E-state index in [-0.39, 0.29) is 16.9 Å². The van der Waals surface area contributed by atoms with Crippen LogP contribution in [0, 0.1) is 31.3 Å². The second kappa shape index (κ2) is 5.37.